The summed E-state index contributed by atoms with van der Waals surface area (Å²) in [6, 6.07) is 12.1. The fourth-order valence-corrected chi connectivity index (χ4v) is 10.5. The highest BCUT2D eigenvalue weighted by Crippen LogP contribution is 2.66. The van der Waals surface area contributed by atoms with Gasteiger partial charge in [-0.1, -0.05) is 25.5 Å². The maximum absolute atomic E-state index is 13.9. The normalized spacial score (nSPS) is 30.1. The molecule has 9 nitrogen and oxygen atoms in total. The Bertz CT molecular complexity index is 1950. The van der Waals surface area contributed by atoms with Crippen LogP contribution in [0.2, 0.25) is 0 Å². The Kier molecular flexibility index (Phi) is 8.49. The number of Topliss-reactive ketones (excluding diaryl/α,β-unsaturated/α-hetero) is 2. The van der Waals surface area contributed by atoms with Crippen LogP contribution >= 0.6 is 11.8 Å². The summed E-state index contributed by atoms with van der Waals surface area (Å²) < 4.78 is 5.55. The molecule has 3 aromatic rings. The van der Waals surface area contributed by atoms with Crippen molar-refractivity contribution in [3.63, 3.8) is 0 Å². The smallest absolute Gasteiger partial charge is 0.316 e. The molecule has 0 bridgehead atoms. The molecule has 4 aliphatic carbocycles. The number of carbonyl (C=O) groups is 4. The summed E-state index contributed by atoms with van der Waals surface area (Å²) in [4.78, 5) is 63.0. The number of nitrogens with zero attached hydrogens (tertiary/aromatic N) is 3. The Morgan fingerprint density at radius 2 is 1.62 bits per heavy atom. The first-order valence-electron chi connectivity index (χ1n) is 17.4. The summed E-state index contributed by atoms with van der Waals surface area (Å²) in [5, 5.41) is 13.9. The van der Waals surface area contributed by atoms with Gasteiger partial charge in [0.25, 0.3) is 0 Å². The number of anilines is 2. The number of hydrogen-bond acceptors (Lipinski definition) is 10. The largest absolute Gasteiger partial charge is 0.457 e. The van der Waals surface area contributed by atoms with Crippen molar-refractivity contribution in [2.24, 2.45) is 28.6 Å². The van der Waals surface area contributed by atoms with Gasteiger partial charge in [-0.05, 0) is 86.1 Å². The van der Waals surface area contributed by atoms with Crippen LogP contribution in [0.15, 0.2) is 65.1 Å². The minimum atomic E-state index is -1.77. The van der Waals surface area contributed by atoms with Gasteiger partial charge in [0.1, 0.15) is 11.4 Å². The summed E-state index contributed by atoms with van der Waals surface area (Å²) >= 11 is 1.35. The number of aromatic nitrogens is 1. The fraction of sp³-hybridized carbons (Fsp3) is 0.475. The van der Waals surface area contributed by atoms with Gasteiger partial charge in [0.2, 0.25) is 5.78 Å². The highest BCUT2D eigenvalue weighted by Gasteiger charge is 2.68. The minimum absolute atomic E-state index is 0.00496. The lowest BCUT2D eigenvalue weighted by molar-refractivity contribution is -0.172. The first kappa shape index (κ1) is 34.4. The number of rotatable bonds is 8. The molecule has 262 valence electrons. The van der Waals surface area contributed by atoms with Crippen LogP contribution in [0.1, 0.15) is 46.0 Å². The number of aliphatic hydroxyl groups is 1. The van der Waals surface area contributed by atoms with E-state index >= 15 is 0 Å². The summed E-state index contributed by atoms with van der Waals surface area (Å²) in [6.45, 7) is 3.36. The molecule has 1 heterocycles. The predicted octanol–water partition coefficient (Wildman–Crippen LogP) is 5.94. The van der Waals surface area contributed by atoms with E-state index in [-0.39, 0.29) is 47.9 Å². The second-order valence-corrected chi connectivity index (χ2v) is 16.4. The lowest BCUT2D eigenvalue weighted by Gasteiger charge is -2.56. The van der Waals surface area contributed by atoms with E-state index in [9.17, 15) is 24.3 Å². The zero-order chi connectivity index (χ0) is 35.7. The number of ketones is 3. The Morgan fingerprint density at radius 3 is 2.24 bits per heavy atom. The zero-order valence-corrected chi connectivity index (χ0v) is 30.4. The van der Waals surface area contributed by atoms with E-state index in [1.165, 1.54) is 11.8 Å². The van der Waals surface area contributed by atoms with Gasteiger partial charge in [0.15, 0.2) is 12.4 Å². The van der Waals surface area contributed by atoms with E-state index in [2.05, 4.69) is 0 Å². The molecule has 0 saturated heterocycles. The van der Waals surface area contributed by atoms with E-state index in [0.29, 0.717) is 12.8 Å². The third-order valence-corrected chi connectivity index (χ3v) is 13.4. The molecule has 2 aromatic carbocycles. The van der Waals surface area contributed by atoms with Gasteiger partial charge < -0.3 is 19.6 Å². The number of esters is 1. The predicted molar refractivity (Wildman–Crippen MR) is 197 cm³/mol. The molecular formula is C40H45N3O6S. The number of fused-ring (bicyclic) bond motifs is 7. The molecule has 50 heavy (non-hydrogen) atoms. The van der Waals surface area contributed by atoms with Gasteiger partial charge in [-0.2, -0.15) is 0 Å². The quantitative estimate of drug-likeness (QED) is 0.172. The molecule has 1 N–H and O–H groups in total. The average Bonchev–Trinajstić information content (AvgIpc) is 3.35. The third-order valence-electron chi connectivity index (χ3n) is 12.3. The fourth-order valence-electron chi connectivity index (χ4n) is 9.53. The molecule has 6 atom stereocenters. The van der Waals surface area contributed by atoms with E-state index in [1.807, 2.05) is 94.3 Å². The third kappa shape index (κ3) is 5.37. The Morgan fingerprint density at radius 1 is 0.980 bits per heavy atom. The maximum atomic E-state index is 13.9. The molecule has 0 radical (unpaired) electrons. The molecule has 4 aliphatic rings. The molecule has 2 unspecified atom stereocenters. The van der Waals surface area contributed by atoms with Crippen molar-refractivity contribution in [1.29, 1.82) is 0 Å². The van der Waals surface area contributed by atoms with Crippen molar-refractivity contribution in [3.05, 3.63) is 60.2 Å². The summed E-state index contributed by atoms with van der Waals surface area (Å²) in [5.41, 5.74) is 1.40. The first-order valence-corrected chi connectivity index (χ1v) is 18.4. The molecule has 1 aromatic heterocycles. The highest BCUT2D eigenvalue weighted by molar-refractivity contribution is 8.00. The highest BCUT2D eigenvalue weighted by atomic mass is 32.2. The lowest BCUT2D eigenvalue weighted by atomic mass is 9.46. The number of pyridine rings is 1. The molecule has 0 spiro atoms. The zero-order valence-electron chi connectivity index (χ0n) is 29.6. The topological polar surface area (TPSA) is 117 Å². The summed E-state index contributed by atoms with van der Waals surface area (Å²) in [6.07, 6.45) is 7.50. The average molecular weight is 696 g/mol. The van der Waals surface area contributed by atoms with Crippen LogP contribution in [0, 0.1) is 28.6 Å². The Balaban J connectivity index is 1.07. The van der Waals surface area contributed by atoms with E-state index in [0.717, 1.165) is 50.1 Å². The number of hydrogen-bond donors (Lipinski definition) is 1. The molecule has 7 rings (SSSR count). The Hall–Kier alpha value is -4.02. The second kappa shape index (κ2) is 12.3. The van der Waals surface area contributed by atoms with Gasteiger partial charge in [0.05, 0.1) is 16.8 Å². The number of ether oxygens (including phenoxy) is 1. The Labute approximate surface area is 297 Å². The second-order valence-electron chi connectivity index (χ2n) is 15.4. The SMILES string of the molecule is CN(C)c1ccc2c(SCC(=O)OCC(=O)[C@@]3(O)CCC4[C@@H]5CCC6=CC(=O)C=C[C@]6(C)C5C(=O)C[C@@]43C)c3ccc(N(C)C)cc3nc2c1. The van der Waals surface area contributed by atoms with Gasteiger partial charge in [0, 0.05) is 78.4 Å². The summed E-state index contributed by atoms with van der Waals surface area (Å²) in [5.74, 6) is -1.49. The van der Waals surface area contributed by atoms with Crippen molar-refractivity contribution in [2.45, 2.75) is 56.4 Å². The van der Waals surface area contributed by atoms with Crippen LogP contribution in [0.25, 0.3) is 21.8 Å². The van der Waals surface area contributed by atoms with E-state index < -0.39 is 34.8 Å². The molecule has 0 aliphatic heterocycles. The van der Waals surface area contributed by atoms with Crippen LogP contribution < -0.4 is 9.80 Å². The maximum Gasteiger partial charge on any atom is 0.316 e. The number of carbonyl (C=O) groups excluding carboxylic acids is 4. The van der Waals surface area contributed by atoms with E-state index in [1.54, 1.807) is 12.2 Å². The van der Waals surface area contributed by atoms with Crippen molar-refractivity contribution < 1.29 is 29.0 Å². The number of allylic oxidation sites excluding steroid dienone is 4. The van der Waals surface area contributed by atoms with Crippen LogP contribution in [0.4, 0.5) is 11.4 Å². The van der Waals surface area contributed by atoms with E-state index in [4.69, 9.17) is 9.72 Å². The standard InChI is InChI=1S/C40H45N3O6S/c1-38-15-13-26(44)17-23(38)7-10-27-30-14-16-40(48,39(30,2)20-33(45)36(27)38)34(46)21-49-35(47)22-50-37-28-11-8-24(42(3)4)18-31(28)41-32-19-25(43(5)6)9-12-29(32)37/h8-9,11-13,15,17-19,27,30,36,48H,7,10,14,16,20-22H2,1-6H3/t27-,30?,36?,38-,39-,40-/m0/s1. The monoisotopic (exact) mass is 695 g/mol. The number of thioether (sulfide) groups is 1. The number of benzene rings is 2. The molecule has 10 heteroatoms. The first-order chi connectivity index (χ1) is 23.7. The van der Waals surface area contributed by atoms with Gasteiger partial charge in [-0.3, -0.25) is 19.2 Å². The van der Waals surface area contributed by atoms with Gasteiger partial charge in [-0.25, -0.2) is 4.98 Å². The van der Waals surface area contributed by atoms with Crippen LogP contribution in [0.5, 0.6) is 0 Å². The van der Waals surface area contributed by atoms with Crippen molar-refractivity contribution >= 4 is 68.3 Å². The van der Waals surface area contributed by atoms with Gasteiger partial charge in [-0.15, -0.1) is 11.8 Å². The van der Waals surface area contributed by atoms with Gasteiger partial charge >= 0.3 is 5.97 Å². The van der Waals surface area contributed by atoms with Crippen molar-refractivity contribution in [2.75, 3.05) is 50.4 Å². The van der Waals surface area contributed by atoms with Crippen LogP contribution in [-0.4, -0.2) is 79.6 Å². The minimum Gasteiger partial charge on any atom is -0.457 e. The van der Waals surface area contributed by atoms with Crippen LogP contribution in [-0.2, 0) is 23.9 Å². The van der Waals surface area contributed by atoms with Crippen molar-refractivity contribution in [3.8, 4) is 0 Å². The van der Waals surface area contributed by atoms with Crippen molar-refractivity contribution in [1.82, 2.24) is 4.98 Å². The molecule has 0 amide bonds. The lowest BCUT2D eigenvalue weighted by Crippen LogP contribution is -2.60. The molecular weight excluding hydrogens is 651 g/mol. The van der Waals surface area contributed by atoms with Crippen LogP contribution in [0.3, 0.4) is 0 Å². The summed E-state index contributed by atoms with van der Waals surface area (Å²) in [7, 11) is 7.91. The molecule has 3 saturated carbocycles. The molecule has 3 fully saturated rings.